The zero-order valence-electron chi connectivity index (χ0n) is 18.4. The molecule has 0 amide bonds. The number of aliphatic hydroxyl groups is 1. The number of carbonyl (C=O) groups is 1. The van der Waals surface area contributed by atoms with E-state index in [1.54, 1.807) is 13.8 Å². The second kappa shape index (κ2) is 8.45. The van der Waals surface area contributed by atoms with E-state index in [4.69, 9.17) is 4.74 Å². The summed E-state index contributed by atoms with van der Waals surface area (Å²) in [5, 5.41) is 20.4. The number of nitrogens with zero attached hydrogens (tertiary/aromatic N) is 1. The first-order valence-corrected chi connectivity index (χ1v) is 10.0. The van der Waals surface area contributed by atoms with Crippen LogP contribution in [0.25, 0.3) is 5.57 Å². The number of aromatic nitrogens is 1. The fourth-order valence-electron chi connectivity index (χ4n) is 3.83. The molecular formula is C24H22F3NO5. The second-order valence-electron chi connectivity index (χ2n) is 7.88. The van der Waals surface area contributed by atoms with E-state index in [0.29, 0.717) is 11.1 Å². The second-order valence-corrected chi connectivity index (χ2v) is 7.88. The van der Waals surface area contributed by atoms with E-state index >= 15 is 0 Å². The van der Waals surface area contributed by atoms with Crippen LogP contribution in [0.5, 0.6) is 5.75 Å². The number of allylic oxidation sites excluding steroid dienone is 1. The number of phenols is 1. The lowest BCUT2D eigenvalue weighted by molar-refractivity contribution is -0.240. The lowest BCUT2D eigenvalue weighted by Crippen LogP contribution is -2.41. The van der Waals surface area contributed by atoms with Gasteiger partial charge >= 0.3 is 12.1 Å². The van der Waals surface area contributed by atoms with E-state index in [1.807, 2.05) is 5.92 Å². The van der Waals surface area contributed by atoms with Crippen LogP contribution in [0.2, 0.25) is 0 Å². The highest BCUT2D eigenvalue weighted by atomic mass is 19.4. The third-order valence-electron chi connectivity index (χ3n) is 5.34. The maximum atomic E-state index is 14.0. The normalized spacial score (nSPS) is 14.9. The van der Waals surface area contributed by atoms with Crippen molar-refractivity contribution in [3.05, 3.63) is 68.1 Å². The summed E-state index contributed by atoms with van der Waals surface area (Å²) in [6.45, 7) is 4.77. The molecule has 0 saturated heterocycles. The SMILES string of the molecule is CCOC(=O)C1=C(C)Cc2c1c(C#CC(O)(c1cc(C)cc(O)c1)C(F)(F)F)cn(C)c2=O. The minimum Gasteiger partial charge on any atom is -0.508 e. The number of ether oxygens (including phenoxy) is 1. The van der Waals surface area contributed by atoms with Crippen LogP contribution in [-0.2, 0) is 28.6 Å². The Morgan fingerprint density at radius 2 is 1.91 bits per heavy atom. The number of aryl methyl sites for hydroxylation is 2. The van der Waals surface area contributed by atoms with Crippen LogP contribution < -0.4 is 5.56 Å². The number of fused-ring (bicyclic) bond motifs is 1. The Hall–Kier alpha value is -3.51. The zero-order valence-corrected chi connectivity index (χ0v) is 18.4. The predicted octanol–water partition coefficient (Wildman–Crippen LogP) is 3.09. The first kappa shape index (κ1) is 24.1. The van der Waals surface area contributed by atoms with Crippen LogP contribution in [0.15, 0.2) is 34.8 Å². The molecule has 0 bridgehead atoms. The highest BCUT2D eigenvalue weighted by Crippen LogP contribution is 2.40. The van der Waals surface area contributed by atoms with E-state index < -0.39 is 34.6 Å². The summed E-state index contributed by atoms with van der Waals surface area (Å²) >= 11 is 0. The quantitative estimate of drug-likeness (QED) is 0.542. The van der Waals surface area contributed by atoms with Gasteiger partial charge in [-0.2, -0.15) is 13.2 Å². The zero-order chi connectivity index (χ0) is 24.7. The number of alkyl halides is 3. The number of pyridine rings is 1. The molecule has 1 aromatic heterocycles. The fourth-order valence-corrected chi connectivity index (χ4v) is 3.83. The Morgan fingerprint density at radius 3 is 2.48 bits per heavy atom. The number of hydrogen-bond donors (Lipinski definition) is 2. The van der Waals surface area contributed by atoms with Crippen molar-refractivity contribution in [3.63, 3.8) is 0 Å². The van der Waals surface area contributed by atoms with Crippen LogP contribution in [0.4, 0.5) is 13.2 Å². The molecule has 1 heterocycles. The Bertz CT molecular complexity index is 1270. The van der Waals surface area contributed by atoms with E-state index in [2.05, 4.69) is 5.92 Å². The maximum Gasteiger partial charge on any atom is 0.433 e. The monoisotopic (exact) mass is 461 g/mol. The molecule has 0 fully saturated rings. The molecule has 0 aliphatic heterocycles. The Labute approximate surface area is 187 Å². The number of esters is 1. The van der Waals surface area contributed by atoms with Gasteiger partial charge in [0.15, 0.2) is 0 Å². The lowest BCUT2D eigenvalue weighted by Gasteiger charge is -2.26. The predicted molar refractivity (Wildman–Crippen MR) is 114 cm³/mol. The van der Waals surface area contributed by atoms with Crippen molar-refractivity contribution in [2.24, 2.45) is 7.05 Å². The van der Waals surface area contributed by atoms with Crippen LogP contribution in [-0.4, -0.2) is 33.5 Å². The number of hydrogen-bond acceptors (Lipinski definition) is 5. The molecule has 6 nitrogen and oxygen atoms in total. The number of benzene rings is 1. The van der Waals surface area contributed by atoms with Crippen LogP contribution in [0, 0.1) is 18.8 Å². The van der Waals surface area contributed by atoms with E-state index in [-0.39, 0.29) is 35.3 Å². The minimum absolute atomic E-state index is 0.0356. The number of aromatic hydroxyl groups is 1. The van der Waals surface area contributed by atoms with Crippen molar-refractivity contribution in [1.29, 1.82) is 0 Å². The molecule has 1 aromatic carbocycles. The number of carbonyl (C=O) groups excluding carboxylic acids is 1. The Morgan fingerprint density at radius 1 is 1.24 bits per heavy atom. The van der Waals surface area contributed by atoms with Gasteiger partial charge < -0.3 is 19.5 Å². The third kappa shape index (κ3) is 4.26. The Balaban J connectivity index is 2.27. The average molecular weight is 461 g/mol. The molecule has 1 atom stereocenters. The lowest BCUT2D eigenvalue weighted by atomic mass is 9.91. The minimum atomic E-state index is -5.21. The van der Waals surface area contributed by atoms with Crippen molar-refractivity contribution in [2.45, 2.75) is 39.0 Å². The summed E-state index contributed by atoms with van der Waals surface area (Å²) in [5.41, 5.74) is -3.48. The van der Waals surface area contributed by atoms with Gasteiger partial charge in [0, 0.05) is 41.9 Å². The average Bonchev–Trinajstić information content (AvgIpc) is 3.05. The van der Waals surface area contributed by atoms with Crippen LogP contribution in [0.3, 0.4) is 0 Å². The smallest absolute Gasteiger partial charge is 0.433 e. The molecule has 0 radical (unpaired) electrons. The van der Waals surface area contributed by atoms with Crippen molar-refractivity contribution in [3.8, 4) is 17.6 Å². The Kier molecular flexibility index (Phi) is 6.18. The highest BCUT2D eigenvalue weighted by Gasteiger charge is 2.54. The molecule has 2 aromatic rings. The molecule has 0 spiro atoms. The first-order chi connectivity index (χ1) is 15.3. The van der Waals surface area contributed by atoms with E-state index in [0.717, 1.165) is 16.7 Å². The summed E-state index contributed by atoms with van der Waals surface area (Å²) < 4.78 is 48.1. The summed E-state index contributed by atoms with van der Waals surface area (Å²) in [7, 11) is 1.42. The first-order valence-electron chi connectivity index (χ1n) is 10.0. The van der Waals surface area contributed by atoms with Crippen molar-refractivity contribution < 1.29 is 32.9 Å². The van der Waals surface area contributed by atoms with Crippen LogP contribution in [0.1, 0.15) is 41.7 Å². The molecule has 2 N–H and O–H groups in total. The molecule has 1 aliphatic rings. The maximum absolute atomic E-state index is 14.0. The van der Waals surface area contributed by atoms with Gasteiger partial charge in [-0.15, -0.1) is 0 Å². The summed E-state index contributed by atoms with van der Waals surface area (Å²) in [5.74, 6) is 3.06. The molecule has 3 rings (SSSR count). The number of halogens is 3. The molecule has 33 heavy (non-hydrogen) atoms. The van der Waals surface area contributed by atoms with Gasteiger partial charge in [0.2, 0.25) is 5.60 Å². The summed E-state index contributed by atoms with van der Waals surface area (Å²) in [6, 6.07) is 3.10. The largest absolute Gasteiger partial charge is 0.508 e. The molecule has 1 unspecified atom stereocenters. The third-order valence-corrected chi connectivity index (χ3v) is 5.34. The topological polar surface area (TPSA) is 88.8 Å². The van der Waals surface area contributed by atoms with Gasteiger partial charge in [-0.25, -0.2) is 4.79 Å². The summed E-state index contributed by atoms with van der Waals surface area (Å²) in [4.78, 5) is 25.1. The number of rotatable bonds is 3. The molecule has 0 saturated carbocycles. The van der Waals surface area contributed by atoms with E-state index in [9.17, 15) is 33.0 Å². The van der Waals surface area contributed by atoms with Gasteiger partial charge in [0.05, 0.1) is 12.2 Å². The van der Waals surface area contributed by atoms with Crippen molar-refractivity contribution in [2.75, 3.05) is 6.61 Å². The van der Waals surface area contributed by atoms with Gasteiger partial charge in [0.1, 0.15) is 5.75 Å². The molecular weight excluding hydrogens is 439 g/mol. The van der Waals surface area contributed by atoms with Gasteiger partial charge in [0.25, 0.3) is 5.56 Å². The summed E-state index contributed by atoms with van der Waals surface area (Å²) in [6.07, 6.45) is -3.86. The van der Waals surface area contributed by atoms with E-state index in [1.165, 1.54) is 26.2 Å². The van der Waals surface area contributed by atoms with Crippen LogP contribution >= 0.6 is 0 Å². The van der Waals surface area contributed by atoms with Gasteiger partial charge in [-0.3, -0.25) is 4.79 Å². The van der Waals surface area contributed by atoms with Gasteiger partial charge in [-0.05, 0) is 44.4 Å². The van der Waals surface area contributed by atoms with Crippen molar-refractivity contribution >= 4 is 11.5 Å². The van der Waals surface area contributed by atoms with Crippen molar-refractivity contribution in [1.82, 2.24) is 4.57 Å². The molecule has 1 aliphatic carbocycles. The number of phenolic OH excluding ortho intramolecular Hbond substituents is 1. The highest BCUT2D eigenvalue weighted by molar-refractivity contribution is 6.19. The fraction of sp³-hybridized carbons (Fsp3) is 0.333. The standard InChI is InChI=1S/C24H22F3NO5/c1-5-33-22(31)19-14(3)10-18-20(19)15(12-28(4)21(18)30)6-7-23(32,24(25,26)27)16-8-13(2)9-17(29)11-16/h8-9,11-12,29,32H,5,10H2,1-4H3. The van der Waals surface area contributed by atoms with Gasteiger partial charge in [-0.1, -0.05) is 17.6 Å². The molecule has 9 heteroatoms. The molecule has 174 valence electrons.